The Morgan fingerprint density at radius 1 is 1.35 bits per heavy atom. The first-order chi connectivity index (χ1) is 9.72. The fourth-order valence-corrected chi connectivity index (χ4v) is 4.03. The Balaban J connectivity index is 1.61. The van der Waals surface area contributed by atoms with Crippen molar-refractivity contribution in [1.82, 2.24) is 10.1 Å². The molecule has 2 aromatic rings. The van der Waals surface area contributed by atoms with E-state index in [1.807, 2.05) is 24.3 Å². The van der Waals surface area contributed by atoms with Crippen LogP contribution < -0.4 is 0 Å². The third-order valence-electron chi connectivity index (χ3n) is 3.03. The van der Waals surface area contributed by atoms with Crippen LogP contribution in [0.5, 0.6) is 0 Å². The molecule has 1 aliphatic rings. The molecule has 1 aliphatic heterocycles. The molecule has 0 bridgehead atoms. The Kier molecular flexibility index (Phi) is 4.55. The lowest BCUT2D eigenvalue weighted by Crippen LogP contribution is -2.15. The van der Waals surface area contributed by atoms with Crippen LogP contribution in [-0.2, 0) is 5.75 Å². The van der Waals surface area contributed by atoms with Gasteiger partial charge in [-0.1, -0.05) is 16.8 Å². The first-order valence-corrected chi connectivity index (χ1v) is 8.71. The molecular weight excluding hydrogens is 316 g/mol. The summed E-state index contributed by atoms with van der Waals surface area (Å²) in [5.41, 5.74) is 0. The molecule has 0 radical (unpaired) electrons. The van der Waals surface area contributed by atoms with Crippen LogP contribution in [0.4, 0.5) is 0 Å². The summed E-state index contributed by atoms with van der Waals surface area (Å²) in [5.74, 6) is 3.40. The van der Waals surface area contributed by atoms with Crippen LogP contribution >= 0.6 is 35.1 Å². The van der Waals surface area contributed by atoms with E-state index in [0.29, 0.717) is 17.5 Å². The highest BCUT2D eigenvalue weighted by atomic mass is 35.5. The Hall–Kier alpha value is -0.690. The summed E-state index contributed by atoms with van der Waals surface area (Å²) in [4.78, 5) is 5.49. The highest BCUT2D eigenvalue weighted by molar-refractivity contribution is 7.99. The zero-order chi connectivity index (χ0) is 13.9. The van der Waals surface area contributed by atoms with E-state index in [1.54, 1.807) is 23.5 Å². The van der Waals surface area contributed by atoms with Gasteiger partial charge in [-0.05, 0) is 24.3 Å². The number of benzene rings is 1. The highest BCUT2D eigenvalue weighted by Crippen LogP contribution is 2.32. The van der Waals surface area contributed by atoms with Crippen molar-refractivity contribution in [3.63, 3.8) is 0 Å². The number of hydrogen-bond acceptors (Lipinski definition) is 6. The van der Waals surface area contributed by atoms with Crippen molar-refractivity contribution >= 4 is 35.1 Å². The summed E-state index contributed by atoms with van der Waals surface area (Å²) >= 11 is 9.18. The van der Waals surface area contributed by atoms with E-state index in [4.69, 9.17) is 16.1 Å². The molecule has 1 saturated heterocycles. The Bertz CT molecular complexity index is 576. The standard InChI is InChI=1S/C13H13ClN2O2S2/c14-8-1-3-9(4-2-8)20-7-12-15-13(18-16-12)10-5-19-6-11(10)17/h1-4,10-11,17H,5-7H2. The smallest absolute Gasteiger partial charge is 0.233 e. The maximum absolute atomic E-state index is 9.82. The van der Waals surface area contributed by atoms with Crippen molar-refractivity contribution in [2.24, 2.45) is 0 Å². The van der Waals surface area contributed by atoms with Gasteiger partial charge in [-0.15, -0.1) is 11.8 Å². The summed E-state index contributed by atoms with van der Waals surface area (Å²) in [6.07, 6.45) is -0.378. The minimum absolute atomic E-state index is 0.0261. The maximum atomic E-state index is 9.82. The average molecular weight is 329 g/mol. The van der Waals surface area contributed by atoms with Gasteiger partial charge in [-0.25, -0.2) is 0 Å². The normalized spacial score (nSPS) is 22.3. The van der Waals surface area contributed by atoms with Crippen LogP contribution in [-0.4, -0.2) is 32.9 Å². The number of rotatable bonds is 4. The molecule has 2 heterocycles. The van der Waals surface area contributed by atoms with Crippen LogP contribution in [0.15, 0.2) is 33.7 Å². The molecule has 0 spiro atoms. The number of aromatic nitrogens is 2. The van der Waals surface area contributed by atoms with Crippen LogP contribution in [0.2, 0.25) is 5.02 Å². The van der Waals surface area contributed by atoms with Crippen LogP contribution in [0.25, 0.3) is 0 Å². The number of thioether (sulfide) groups is 2. The minimum atomic E-state index is -0.378. The monoisotopic (exact) mass is 328 g/mol. The lowest BCUT2D eigenvalue weighted by molar-refractivity contribution is 0.164. The minimum Gasteiger partial charge on any atom is -0.391 e. The fourth-order valence-electron chi connectivity index (χ4n) is 1.93. The predicted octanol–water partition coefficient (Wildman–Crippen LogP) is 3.21. The molecule has 0 amide bonds. The second-order valence-corrected chi connectivity index (χ2v) is 7.06. The molecule has 0 saturated carbocycles. The highest BCUT2D eigenvalue weighted by Gasteiger charge is 2.31. The van der Waals surface area contributed by atoms with Crippen molar-refractivity contribution in [1.29, 1.82) is 0 Å². The van der Waals surface area contributed by atoms with Gasteiger partial charge in [-0.2, -0.15) is 16.7 Å². The van der Waals surface area contributed by atoms with Gasteiger partial charge in [0, 0.05) is 21.4 Å². The molecule has 3 rings (SSSR count). The lowest BCUT2D eigenvalue weighted by Gasteiger charge is -2.06. The summed E-state index contributed by atoms with van der Waals surface area (Å²) in [6, 6.07) is 7.64. The molecule has 1 aromatic heterocycles. The van der Waals surface area contributed by atoms with E-state index in [2.05, 4.69) is 10.1 Å². The Morgan fingerprint density at radius 3 is 2.85 bits per heavy atom. The number of nitrogens with zero attached hydrogens (tertiary/aromatic N) is 2. The molecule has 2 atom stereocenters. The zero-order valence-electron chi connectivity index (χ0n) is 10.5. The summed E-state index contributed by atoms with van der Waals surface area (Å²) in [7, 11) is 0. The predicted molar refractivity (Wildman–Crippen MR) is 81.4 cm³/mol. The molecule has 20 heavy (non-hydrogen) atoms. The van der Waals surface area contributed by atoms with Crippen LogP contribution in [0, 0.1) is 0 Å². The van der Waals surface area contributed by atoms with E-state index in [-0.39, 0.29) is 12.0 Å². The van der Waals surface area contributed by atoms with Gasteiger partial charge >= 0.3 is 0 Å². The molecule has 2 unspecified atom stereocenters. The van der Waals surface area contributed by atoms with Crippen molar-refractivity contribution in [2.75, 3.05) is 11.5 Å². The molecule has 1 fully saturated rings. The maximum Gasteiger partial charge on any atom is 0.233 e. The second kappa shape index (κ2) is 6.39. The van der Waals surface area contributed by atoms with Crippen LogP contribution in [0.1, 0.15) is 17.6 Å². The lowest BCUT2D eigenvalue weighted by atomic mass is 10.1. The first kappa shape index (κ1) is 14.3. The van der Waals surface area contributed by atoms with E-state index in [1.165, 1.54) is 0 Å². The van der Waals surface area contributed by atoms with Crippen molar-refractivity contribution < 1.29 is 9.63 Å². The molecular formula is C13H13ClN2O2S2. The summed E-state index contributed by atoms with van der Waals surface area (Å²) < 4.78 is 5.26. The number of aliphatic hydroxyl groups is 1. The third-order valence-corrected chi connectivity index (χ3v) is 5.47. The van der Waals surface area contributed by atoms with Gasteiger partial charge in [0.15, 0.2) is 5.82 Å². The van der Waals surface area contributed by atoms with Gasteiger partial charge in [0.25, 0.3) is 0 Å². The second-order valence-electron chi connectivity index (χ2n) is 4.50. The Labute approximate surface area is 130 Å². The van der Waals surface area contributed by atoms with Crippen molar-refractivity contribution in [2.45, 2.75) is 22.7 Å². The number of aliphatic hydroxyl groups excluding tert-OH is 1. The molecule has 1 N–H and O–H groups in total. The van der Waals surface area contributed by atoms with E-state index in [0.717, 1.165) is 21.4 Å². The topological polar surface area (TPSA) is 59.2 Å². The van der Waals surface area contributed by atoms with Gasteiger partial charge in [0.05, 0.1) is 17.8 Å². The average Bonchev–Trinajstić information content (AvgIpc) is 3.06. The number of halogens is 1. The van der Waals surface area contributed by atoms with Gasteiger partial charge in [-0.3, -0.25) is 0 Å². The quantitative estimate of drug-likeness (QED) is 0.870. The third kappa shape index (κ3) is 3.31. The molecule has 106 valence electrons. The van der Waals surface area contributed by atoms with Crippen LogP contribution in [0.3, 0.4) is 0 Å². The molecule has 4 nitrogen and oxygen atoms in total. The molecule has 7 heteroatoms. The summed E-state index contributed by atoms with van der Waals surface area (Å²) in [6.45, 7) is 0. The molecule has 1 aromatic carbocycles. The van der Waals surface area contributed by atoms with Crippen molar-refractivity contribution in [3.05, 3.63) is 41.0 Å². The largest absolute Gasteiger partial charge is 0.391 e. The SMILES string of the molecule is OC1CSCC1c1nc(CSc2ccc(Cl)cc2)no1. The molecule has 0 aliphatic carbocycles. The zero-order valence-corrected chi connectivity index (χ0v) is 12.9. The van der Waals surface area contributed by atoms with Crippen molar-refractivity contribution in [3.8, 4) is 0 Å². The van der Waals surface area contributed by atoms with Gasteiger partial charge in [0.1, 0.15) is 0 Å². The Morgan fingerprint density at radius 2 is 2.15 bits per heavy atom. The first-order valence-electron chi connectivity index (χ1n) is 6.19. The fraction of sp³-hybridized carbons (Fsp3) is 0.385. The number of hydrogen-bond donors (Lipinski definition) is 1. The van der Waals surface area contributed by atoms with E-state index < -0.39 is 0 Å². The van der Waals surface area contributed by atoms with E-state index in [9.17, 15) is 5.11 Å². The van der Waals surface area contributed by atoms with Gasteiger partial charge < -0.3 is 9.63 Å². The van der Waals surface area contributed by atoms with E-state index >= 15 is 0 Å². The summed E-state index contributed by atoms with van der Waals surface area (Å²) in [5, 5.41) is 14.5. The van der Waals surface area contributed by atoms with Gasteiger partial charge in [0.2, 0.25) is 5.89 Å².